The number of hydrogen-bond donors (Lipinski definition) is 2. The van der Waals surface area contributed by atoms with Crippen molar-refractivity contribution in [2.24, 2.45) is 0 Å². The molecule has 0 saturated heterocycles. The highest BCUT2D eigenvalue weighted by Gasteiger charge is 1.90. The predicted molar refractivity (Wildman–Crippen MR) is 44.6 cm³/mol. The van der Waals surface area contributed by atoms with Crippen molar-refractivity contribution in [3.63, 3.8) is 0 Å². The van der Waals surface area contributed by atoms with Gasteiger partial charge in [0.1, 0.15) is 0 Å². The van der Waals surface area contributed by atoms with E-state index in [0.29, 0.717) is 0 Å². The Kier molecular flexibility index (Phi) is 4.33. The quantitative estimate of drug-likeness (QED) is 0.551. The normalized spacial score (nSPS) is 10.4. The van der Waals surface area contributed by atoms with Crippen LogP contribution < -0.4 is 5.32 Å². The first-order valence-electron chi connectivity index (χ1n) is 4.09. The highest BCUT2D eigenvalue weighted by Crippen LogP contribution is 1.79. The van der Waals surface area contributed by atoms with Gasteiger partial charge in [-0.05, 0) is 13.0 Å². The lowest BCUT2D eigenvalue weighted by Gasteiger charge is -2.02. The maximum Gasteiger partial charge on any atom is 0.0692 e. The Labute approximate surface area is 71.4 Å². The van der Waals surface area contributed by atoms with Crippen molar-refractivity contribution in [2.75, 3.05) is 19.7 Å². The predicted octanol–water partition coefficient (Wildman–Crippen LogP) is -0.750. The van der Waals surface area contributed by atoms with E-state index in [2.05, 4.69) is 15.6 Å². The van der Waals surface area contributed by atoms with Crippen LogP contribution in [0.15, 0.2) is 12.4 Å². The minimum atomic E-state index is 0.246. The van der Waals surface area contributed by atoms with Gasteiger partial charge in [0.15, 0.2) is 0 Å². The first kappa shape index (κ1) is 9.15. The summed E-state index contributed by atoms with van der Waals surface area (Å²) in [4.78, 5) is 0. The molecule has 0 aliphatic carbocycles. The Morgan fingerprint density at radius 2 is 2.33 bits per heavy atom. The molecule has 5 heteroatoms. The van der Waals surface area contributed by atoms with E-state index < -0.39 is 0 Å². The van der Waals surface area contributed by atoms with Gasteiger partial charge >= 0.3 is 0 Å². The Balaban J connectivity index is 1.96. The highest BCUT2D eigenvalue weighted by molar-refractivity contribution is 4.64. The van der Waals surface area contributed by atoms with E-state index >= 15 is 0 Å². The van der Waals surface area contributed by atoms with Crippen LogP contribution in [0.4, 0.5) is 0 Å². The van der Waals surface area contributed by atoms with Crippen LogP contribution in [0.2, 0.25) is 0 Å². The van der Waals surface area contributed by atoms with Gasteiger partial charge in [0, 0.05) is 19.3 Å². The summed E-state index contributed by atoms with van der Waals surface area (Å²) in [5.41, 5.74) is 0. The summed E-state index contributed by atoms with van der Waals surface area (Å²) in [6, 6.07) is 0. The van der Waals surface area contributed by atoms with Crippen molar-refractivity contribution < 1.29 is 5.11 Å². The molecule has 68 valence electrons. The van der Waals surface area contributed by atoms with Crippen molar-refractivity contribution >= 4 is 0 Å². The van der Waals surface area contributed by atoms with Crippen LogP contribution in [0.1, 0.15) is 6.42 Å². The van der Waals surface area contributed by atoms with Crippen molar-refractivity contribution in [3.05, 3.63) is 12.4 Å². The molecule has 0 aliphatic heterocycles. The lowest BCUT2D eigenvalue weighted by molar-refractivity contribution is 0.285. The van der Waals surface area contributed by atoms with E-state index in [4.69, 9.17) is 5.11 Å². The summed E-state index contributed by atoms with van der Waals surface area (Å²) in [6.07, 6.45) is 4.29. The molecular formula is C7H14N4O. The largest absolute Gasteiger partial charge is 0.396 e. The first-order chi connectivity index (χ1) is 5.93. The van der Waals surface area contributed by atoms with Crippen molar-refractivity contribution in [3.8, 4) is 0 Å². The maximum absolute atomic E-state index is 8.48. The molecule has 0 bridgehead atoms. The average Bonchev–Trinajstić information content (AvgIpc) is 2.57. The molecule has 0 saturated carbocycles. The summed E-state index contributed by atoms with van der Waals surface area (Å²) >= 11 is 0. The second-order valence-electron chi connectivity index (χ2n) is 2.49. The van der Waals surface area contributed by atoms with Crippen LogP contribution in [-0.2, 0) is 6.54 Å². The van der Waals surface area contributed by atoms with Crippen LogP contribution in [0.25, 0.3) is 0 Å². The zero-order chi connectivity index (χ0) is 8.65. The molecule has 0 radical (unpaired) electrons. The van der Waals surface area contributed by atoms with Gasteiger partial charge in [-0.15, -0.1) is 5.10 Å². The fourth-order valence-corrected chi connectivity index (χ4v) is 0.875. The van der Waals surface area contributed by atoms with Gasteiger partial charge in [0.2, 0.25) is 0 Å². The molecule has 0 atom stereocenters. The van der Waals surface area contributed by atoms with E-state index in [1.54, 1.807) is 10.9 Å². The first-order valence-corrected chi connectivity index (χ1v) is 4.09. The van der Waals surface area contributed by atoms with E-state index in [-0.39, 0.29) is 6.61 Å². The lowest BCUT2D eigenvalue weighted by Crippen LogP contribution is -2.21. The molecule has 12 heavy (non-hydrogen) atoms. The molecule has 1 aromatic heterocycles. The molecule has 1 aromatic rings. The molecule has 0 spiro atoms. The topological polar surface area (TPSA) is 63.0 Å². The minimum Gasteiger partial charge on any atom is -0.396 e. The second-order valence-corrected chi connectivity index (χ2v) is 2.49. The zero-order valence-electron chi connectivity index (χ0n) is 6.98. The summed E-state index contributed by atoms with van der Waals surface area (Å²) in [5.74, 6) is 0. The van der Waals surface area contributed by atoms with E-state index in [9.17, 15) is 0 Å². The van der Waals surface area contributed by atoms with E-state index in [1.165, 1.54) is 0 Å². The summed E-state index contributed by atoms with van der Waals surface area (Å²) in [7, 11) is 0. The molecule has 0 fully saturated rings. The summed E-state index contributed by atoms with van der Waals surface area (Å²) < 4.78 is 1.77. The smallest absolute Gasteiger partial charge is 0.0692 e. The van der Waals surface area contributed by atoms with Crippen LogP contribution in [0.3, 0.4) is 0 Å². The van der Waals surface area contributed by atoms with Gasteiger partial charge in [0.25, 0.3) is 0 Å². The maximum atomic E-state index is 8.48. The van der Waals surface area contributed by atoms with Gasteiger partial charge in [0.05, 0.1) is 12.7 Å². The van der Waals surface area contributed by atoms with E-state index in [1.807, 2.05) is 6.20 Å². The van der Waals surface area contributed by atoms with E-state index in [0.717, 1.165) is 26.1 Å². The number of hydrogen-bond acceptors (Lipinski definition) is 4. The number of rotatable bonds is 6. The third-order valence-electron chi connectivity index (χ3n) is 1.50. The molecule has 0 unspecified atom stereocenters. The standard InChI is InChI=1S/C7H14N4O/c12-7-1-2-8-3-5-11-6-4-9-10-11/h4,6,8,12H,1-3,5,7H2. The van der Waals surface area contributed by atoms with Crippen LogP contribution in [0.5, 0.6) is 0 Å². The van der Waals surface area contributed by atoms with Gasteiger partial charge in [-0.3, -0.25) is 4.68 Å². The molecule has 1 heterocycles. The average molecular weight is 170 g/mol. The number of aromatic nitrogens is 3. The van der Waals surface area contributed by atoms with Crippen molar-refractivity contribution in [1.82, 2.24) is 20.3 Å². The Bertz CT molecular complexity index is 187. The molecule has 0 aliphatic rings. The molecule has 2 N–H and O–H groups in total. The second kappa shape index (κ2) is 5.68. The van der Waals surface area contributed by atoms with Gasteiger partial charge in [-0.2, -0.15) is 0 Å². The Morgan fingerprint density at radius 3 is 3.00 bits per heavy atom. The third-order valence-corrected chi connectivity index (χ3v) is 1.50. The van der Waals surface area contributed by atoms with Crippen LogP contribution in [-0.4, -0.2) is 39.8 Å². The highest BCUT2D eigenvalue weighted by atomic mass is 16.3. The summed E-state index contributed by atoms with van der Waals surface area (Å²) in [6.45, 7) is 2.79. The fraction of sp³-hybridized carbons (Fsp3) is 0.714. The monoisotopic (exact) mass is 170 g/mol. The SMILES string of the molecule is OCCCNCCn1ccnn1. The Hall–Kier alpha value is -0.940. The van der Waals surface area contributed by atoms with Gasteiger partial charge in [-0.1, -0.05) is 5.21 Å². The van der Waals surface area contributed by atoms with Gasteiger partial charge in [-0.25, -0.2) is 0 Å². The van der Waals surface area contributed by atoms with Crippen LogP contribution in [0, 0.1) is 0 Å². The minimum absolute atomic E-state index is 0.246. The molecule has 5 nitrogen and oxygen atoms in total. The summed E-state index contributed by atoms with van der Waals surface area (Å²) in [5, 5.41) is 19.2. The lowest BCUT2D eigenvalue weighted by atomic mass is 10.4. The number of aliphatic hydroxyl groups excluding tert-OH is 1. The van der Waals surface area contributed by atoms with Gasteiger partial charge < -0.3 is 10.4 Å². The van der Waals surface area contributed by atoms with Crippen molar-refractivity contribution in [1.29, 1.82) is 0 Å². The molecule has 0 amide bonds. The molecule has 1 rings (SSSR count). The van der Waals surface area contributed by atoms with Crippen molar-refractivity contribution in [2.45, 2.75) is 13.0 Å². The number of nitrogens with one attached hydrogen (secondary N) is 1. The Morgan fingerprint density at radius 1 is 1.42 bits per heavy atom. The zero-order valence-corrected chi connectivity index (χ0v) is 6.98. The number of nitrogens with zero attached hydrogens (tertiary/aromatic N) is 3. The molecular weight excluding hydrogens is 156 g/mol. The third kappa shape index (κ3) is 3.45. The number of aliphatic hydroxyl groups is 1. The molecule has 0 aromatic carbocycles. The van der Waals surface area contributed by atoms with Crippen LogP contribution >= 0.6 is 0 Å². The fourth-order valence-electron chi connectivity index (χ4n) is 0.875.